The molecule has 0 aliphatic rings. The SMILES string of the molecule is CC(C)(C)CC(CC(=O)O)NC(=O)Cc1ccncc1. The van der Waals surface area contributed by atoms with Gasteiger partial charge in [-0.3, -0.25) is 14.6 Å². The number of carbonyl (C=O) groups is 2. The summed E-state index contributed by atoms with van der Waals surface area (Å²) in [5.41, 5.74) is 0.826. The van der Waals surface area contributed by atoms with E-state index in [9.17, 15) is 9.59 Å². The van der Waals surface area contributed by atoms with Crippen LogP contribution in [0.4, 0.5) is 0 Å². The Balaban J connectivity index is 2.59. The van der Waals surface area contributed by atoms with Crippen molar-refractivity contribution < 1.29 is 14.7 Å². The number of nitrogens with one attached hydrogen (secondary N) is 1. The third kappa shape index (κ3) is 6.87. The smallest absolute Gasteiger partial charge is 0.305 e. The summed E-state index contributed by atoms with van der Waals surface area (Å²) in [4.78, 5) is 26.7. The molecule has 5 heteroatoms. The van der Waals surface area contributed by atoms with E-state index in [0.717, 1.165) is 5.56 Å². The van der Waals surface area contributed by atoms with Crippen molar-refractivity contribution in [3.8, 4) is 0 Å². The summed E-state index contributed by atoms with van der Waals surface area (Å²) in [6.07, 6.45) is 4.07. The molecule has 0 saturated heterocycles. The quantitative estimate of drug-likeness (QED) is 0.834. The maximum atomic E-state index is 12.0. The van der Waals surface area contributed by atoms with Crippen molar-refractivity contribution in [2.75, 3.05) is 0 Å². The molecule has 1 heterocycles. The van der Waals surface area contributed by atoms with Crippen LogP contribution in [-0.4, -0.2) is 28.0 Å². The zero-order valence-corrected chi connectivity index (χ0v) is 12.2. The van der Waals surface area contributed by atoms with Crippen molar-refractivity contribution in [3.05, 3.63) is 30.1 Å². The Morgan fingerprint density at radius 3 is 2.40 bits per heavy atom. The first-order valence-corrected chi connectivity index (χ1v) is 6.66. The van der Waals surface area contributed by atoms with Gasteiger partial charge in [0, 0.05) is 18.4 Å². The number of hydrogen-bond donors (Lipinski definition) is 2. The van der Waals surface area contributed by atoms with Gasteiger partial charge >= 0.3 is 5.97 Å². The van der Waals surface area contributed by atoms with Crippen LogP contribution in [0.15, 0.2) is 24.5 Å². The van der Waals surface area contributed by atoms with Gasteiger partial charge in [0.1, 0.15) is 0 Å². The zero-order chi connectivity index (χ0) is 15.2. The van der Waals surface area contributed by atoms with Gasteiger partial charge in [0.05, 0.1) is 12.8 Å². The lowest BCUT2D eigenvalue weighted by Gasteiger charge is -2.25. The number of hydrogen-bond acceptors (Lipinski definition) is 3. The van der Waals surface area contributed by atoms with E-state index in [4.69, 9.17) is 5.11 Å². The molecule has 1 unspecified atom stereocenters. The number of amides is 1. The molecule has 0 saturated carbocycles. The summed E-state index contributed by atoms with van der Waals surface area (Å²) in [7, 11) is 0. The standard InChI is InChI=1S/C15H22N2O3/c1-15(2,3)10-12(9-14(19)20)17-13(18)8-11-4-6-16-7-5-11/h4-7,12H,8-10H2,1-3H3,(H,17,18)(H,19,20). The second-order valence-electron chi connectivity index (χ2n) is 6.16. The minimum atomic E-state index is -0.900. The van der Waals surface area contributed by atoms with Gasteiger partial charge in [-0.2, -0.15) is 0 Å². The van der Waals surface area contributed by atoms with E-state index in [2.05, 4.69) is 10.3 Å². The Hall–Kier alpha value is -1.91. The van der Waals surface area contributed by atoms with Crippen LogP contribution in [0.25, 0.3) is 0 Å². The molecule has 20 heavy (non-hydrogen) atoms. The van der Waals surface area contributed by atoms with E-state index >= 15 is 0 Å². The predicted molar refractivity (Wildman–Crippen MR) is 76.2 cm³/mol. The molecular formula is C15H22N2O3. The van der Waals surface area contributed by atoms with Crippen molar-refractivity contribution in [2.24, 2.45) is 5.41 Å². The van der Waals surface area contributed by atoms with E-state index in [1.165, 1.54) is 0 Å². The lowest BCUT2D eigenvalue weighted by atomic mass is 9.87. The monoisotopic (exact) mass is 278 g/mol. The largest absolute Gasteiger partial charge is 0.481 e. The molecule has 0 radical (unpaired) electrons. The predicted octanol–water partition coefficient (Wildman–Crippen LogP) is 2.02. The van der Waals surface area contributed by atoms with Crippen molar-refractivity contribution in [3.63, 3.8) is 0 Å². The maximum Gasteiger partial charge on any atom is 0.305 e. The molecule has 110 valence electrons. The van der Waals surface area contributed by atoms with E-state index in [0.29, 0.717) is 6.42 Å². The Kier molecular flexibility index (Phi) is 5.67. The van der Waals surface area contributed by atoms with E-state index in [1.54, 1.807) is 24.5 Å². The molecule has 0 bridgehead atoms. The van der Waals surface area contributed by atoms with Crippen LogP contribution in [0.5, 0.6) is 0 Å². The molecule has 1 aromatic heterocycles. The summed E-state index contributed by atoms with van der Waals surface area (Å²) >= 11 is 0. The molecule has 1 rings (SSSR count). The highest BCUT2D eigenvalue weighted by molar-refractivity contribution is 5.79. The second-order valence-corrected chi connectivity index (χ2v) is 6.16. The molecule has 0 fully saturated rings. The molecule has 0 aromatic carbocycles. The molecular weight excluding hydrogens is 256 g/mol. The van der Waals surface area contributed by atoms with Gasteiger partial charge in [0.15, 0.2) is 0 Å². The fourth-order valence-corrected chi connectivity index (χ4v) is 2.09. The topological polar surface area (TPSA) is 79.3 Å². The zero-order valence-electron chi connectivity index (χ0n) is 12.2. The number of carboxylic acid groups (broad SMARTS) is 1. The molecule has 2 N–H and O–H groups in total. The molecule has 1 amide bonds. The molecule has 0 aliphatic heterocycles. The van der Waals surface area contributed by atoms with E-state index < -0.39 is 5.97 Å². The minimum Gasteiger partial charge on any atom is -0.481 e. The third-order valence-electron chi connectivity index (χ3n) is 2.76. The lowest BCUT2D eigenvalue weighted by molar-refractivity contribution is -0.137. The molecule has 1 atom stereocenters. The maximum absolute atomic E-state index is 12.0. The highest BCUT2D eigenvalue weighted by Gasteiger charge is 2.22. The van der Waals surface area contributed by atoms with Crippen LogP contribution in [0.2, 0.25) is 0 Å². The first-order chi connectivity index (χ1) is 9.26. The Morgan fingerprint density at radius 1 is 1.30 bits per heavy atom. The van der Waals surface area contributed by atoms with Gasteiger partial charge in [-0.05, 0) is 29.5 Å². The number of pyridine rings is 1. The highest BCUT2D eigenvalue weighted by atomic mass is 16.4. The van der Waals surface area contributed by atoms with Crippen LogP contribution >= 0.6 is 0 Å². The summed E-state index contributed by atoms with van der Waals surface area (Å²) in [6, 6.07) is 3.20. The summed E-state index contributed by atoms with van der Waals surface area (Å²) in [5, 5.41) is 11.7. The molecule has 5 nitrogen and oxygen atoms in total. The van der Waals surface area contributed by atoms with Gasteiger partial charge in [-0.1, -0.05) is 20.8 Å². The third-order valence-corrected chi connectivity index (χ3v) is 2.76. The van der Waals surface area contributed by atoms with Gasteiger partial charge < -0.3 is 10.4 Å². The van der Waals surface area contributed by atoms with E-state index in [1.807, 2.05) is 20.8 Å². The summed E-state index contributed by atoms with van der Waals surface area (Å²) in [5.74, 6) is -1.06. The molecule has 0 aliphatic carbocycles. The van der Waals surface area contributed by atoms with Crippen LogP contribution < -0.4 is 5.32 Å². The van der Waals surface area contributed by atoms with Crippen LogP contribution in [-0.2, 0) is 16.0 Å². The van der Waals surface area contributed by atoms with E-state index in [-0.39, 0.29) is 30.2 Å². The molecule has 0 spiro atoms. The lowest BCUT2D eigenvalue weighted by Crippen LogP contribution is -2.39. The fraction of sp³-hybridized carbons (Fsp3) is 0.533. The van der Waals surface area contributed by atoms with Gasteiger partial charge in [-0.15, -0.1) is 0 Å². The number of carbonyl (C=O) groups excluding carboxylic acids is 1. The average molecular weight is 278 g/mol. The van der Waals surface area contributed by atoms with Gasteiger partial charge in [0.25, 0.3) is 0 Å². The minimum absolute atomic E-state index is 0.0376. The van der Waals surface area contributed by atoms with Gasteiger partial charge in [0.2, 0.25) is 5.91 Å². The first-order valence-electron chi connectivity index (χ1n) is 6.66. The highest BCUT2D eigenvalue weighted by Crippen LogP contribution is 2.22. The van der Waals surface area contributed by atoms with Crippen molar-refractivity contribution in [1.82, 2.24) is 10.3 Å². The second kappa shape index (κ2) is 7.03. The van der Waals surface area contributed by atoms with Crippen LogP contribution in [0, 0.1) is 5.41 Å². The van der Waals surface area contributed by atoms with Crippen LogP contribution in [0.3, 0.4) is 0 Å². The Labute approximate surface area is 119 Å². The Bertz CT molecular complexity index is 452. The number of aliphatic carboxylic acids is 1. The first kappa shape index (κ1) is 16.1. The van der Waals surface area contributed by atoms with Crippen LogP contribution in [0.1, 0.15) is 39.2 Å². The van der Waals surface area contributed by atoms with Crippen molar-refractivity contribution in [2.45, 2.75) is 46.1 Å². The Morgan fingerprint density at radius 2 is 1.90 bits per heavy atom. The van der Waals surface area contributed by atoms with Gasteiger partial charge in [-0.25, -0.2) is 0 Å². The average Bonchev–Trinajstić information content (AvgIpc) is 2.26. The fourth-order valence-electron chi connectivity index (χ4n) is 2.09. The number of rotatable bonds is 6. The number of nitrogens with zero attached hydrogens (tertiary/aromatic N) is 1. The molecule has 1 aromatic rings. The number of aromatic nitrogens is 1. The normalized spacial score (nSPS) is 12.8. The summed E-state index contributed by atoms with van der Waals surface area (Å²) < 4.78 is 0. The number of carboxylic acids is 1. The summed E-state index contributed by atoms with van der Waals surface area (Å²) in [6.45, 7) is 6.07. The van der Waals surface area contributed by atoms with Crippen molar-refractivity contribution >= 4 is 11.9 Å². The van der Waals surface area contributed by atoms with Crippen molar-refractivity contribution in [1.29, 1.82) is 0 Å².